The summed E-state index contributed by atoms with van der Waals surface area (Å²) in [6.45, 7) is 10.9. The first-order valence-corrected chi connectivity index (χ1v) is 19.9. The molecule has 1 heterocycles. The molecule has 0 unspecified atom stereocenters. The van der Waals surface area contributed by atoms with E-state index in [-0.39, 0.29) is 5.56 Å². The smallest absolute Gasteiger partial charge is 0.347 e. The minimum atomic E-state index is -0.728. The number of carbonyl (C=O) groups excluding carboxylic acids is 1. The molecule has 16 heteroatoms. The average Bonchev–Trinajstić information content (AvgIpc) is 3.25. The Balaban J connectivity index is 1.48. The first kappa shape index (κ1) is 49.6. The van der Waals surface area contributed by atoms with E-state index in [1.165, 1.54) is 12.1 Å². The molecule has 0 aliphatic heterocycles. The Hall–Kier alpha value is -3.78. The number of hydrogen-bond donors (Lipinski definition) is 0. The van der Waals surface area contributed by atoms with Crippen molar-refractivity contribution >= 4 is 28.5 Å². The third kappa shape index (κ3) is 22.4. The minimum absolute atomic E-state index is 0.0621. The maximum absolute atomic E-state index is 13.1. The van der Waals surface area contributed by atoms with E-state index in [2.05, 4.69) is 4.90 Å². The van der Waals surface area contributed by atoms with Crippen LogP contribution in [-0.4, -0.2) is 172 Å². The second-order valence-electron chi connectivity index (χ2n) is 12.6. The van der Waals surface area contributed by atoms with Crippen molar-refractivity contribution in [3.05, 3.63) is 76.2 Å². The third-order valence-corrected chi connectivity index (χ3v) is 8.32. The van der Waals surface area contributed by atoms with Crippen molar-refractivity contribution in [1.29, 1.82) is 0 Å². The number of nitrogens with zero attached hydrogens (tertiary/aromatic N) is 1. The van der Waals surface area contributed by atoms with Gasteiger partial charge in [0.15, 0.2) is 5.78 Å². The molecule has 0 saturated carbocycles. The lowest BCUT2D eigenvalue weighted by Gasteiger charge is -2.25. The molecule has 0 saturated heterocycles. The molecule has 1 aromatic heterocycles. The monoisotopic (exact) mass is 833 g/mol. The van der Waals surface area contributed by atoms with E-state index in [9.17, 15) is 9.59 Å². The summed E-state index contributed by atoms with van der Waals surface area (Å²) in [6, 6.07) is 14.4. The van der Waals surface area contributed by atoms with E-state index in [1.54, 1.807) is 45.6 Å². The number of methoxy groups -OCH3 is 3. The van der Waals surface area contributed by atoms with Crippen LogP contribution in [0, 0.1) is 0 Å². The van der Waals surface area contributed by atoms with Gasteiger partial charge in [-0.25, -0.2) is 4.79 Å². The van der Waals surface area contributed by atoms with Crippen LogP contribution in [0.15, 0.2) is 63.8 Å². The van der Waals surface area contributed by atoms with Crippen LogP contribution in [0.4, 0.5) is 5.69 Å². The van der Waals surface area contributed by atoms with Gasteiger partial charge < -0.3 is 66.2 Å². The molecule has 59 heavy (non-hydrogen) atoms. The Bertz CT molecular complexity index is 1570. The van der Waals surface area contributed by atoms with Crippen LogP contribution in [0.3, 0.4) is 0 Å². The SMILES string of the molecule is COCCOCCOCCOCCN(CCOCCOCCOCCOC)c1ccc(/C=C/C(=O)c2cc3ccc(OCCOCCOCCOC)cc3oc2=O)cc1. The predicted molar refractivity (Wildman–Crippen MR) is 222 cm³/mol. The van der Waals surface area contributed by atoms with Crippen molar-refractivity contribution in [3.8, 4) is 5.75 Å². The van der Waals surface area contributed by atoms with Crippen LogP contribution in [0.5, 0.6) is 5.75 Å². The van der Waals surface area contributed by atoms with Gasteiger partial charge in [-0.2, -0.15) is 0 Å². The Labute approximate surface area is 347 Å². The van der Waals surface area contributed by atoms with E-state index in [0.29, 0.717) is 162 Å². The lowest BCUT2D eigenvalue weighted by Crippen LogP contribution is -2.31. The van der Waals surface area contributed by atoms with Crippen molar-refractivity contribution < 1.29 is 66.1 Å². The zero-order valence-electron chi connectivity index (χ0n) is 34.9. The summed E-state index contributed by atoms with van der Waals surface area (Å²) in [6.07, 6.45) is 3.04. The van der Waals surface area contributed by atoms with Crippen LogP contribution >= 0.6 is 0 Å². The van der Waals surface area contributed by atoms with Crippen molar-refractivity contribution in [1.82, 2.24) is 0 Å². The van der Waals surface area contributed by atoms with Crippen LogP contribution in [-0.2, 0) is 52.1 Å². The molecular formula is C43H63NO15. The van der Waals surface area contributed by atoms with E-state index >= 15 is 0 Å². The van der Waals surface area contributed by atoms with Gasteiger partial charge in [0.2, 0.25) is 0 Å². The maximum Gasteiger partial charge on any atom is 0.347 e. The quantitative estimate of drug-likeness (QED) is 0.0353. The Kier molecular flexibility index (Phi) is 27.7. The summed E-state index contributed by atoms with van der Waals surface area (Å²) >= 11 is 0. The highest BCUT2D eigenvalue weighted by Gasteiger charge is 2.13. The van der Waals surface area contributed by atoms with Crippen LogP contribution in [0.2, 0.25) is 0 Å². The summed E-state index contributed by atoms with van der Waals surface area (Å²) in [5.74, 6) is 0.0541. The molecule has 2 aromatic carbocycles. The zero-order valence-corrected chi connectivity index (χ0v) is 34.9. The standard InChI is InChI=1S/C43H63NO15/c1-47-16-19-52-26-29-55-24-22-50-14-12-44(13-15-51-23-25-56-30-27-53-20-17-48-2)38-8-4-36(5-9-38)6-11-41(45)40-34-37-7-10-39(35-42(37)59-43(40)46)58-33-32-57-31-28-54-21-18-49-3/h4-11,34-35H,12-33H2,1-3H3/b11-6+. The van der Waals surface area contributed by atoms with Gasteiger partial charge in [-0.15, -0.1) is 0 Å². The largest absolute Gasteiger partial charge is 0.491 e. The summed E-state index contributed by atoms with van der Waals surface area (Å²) in [7, 11) is 4.89. The molecule has 0 radical (unpaired) electrons. The lowest BCUT2D eigenvalue weighted by atomic mass is 10.1. The van der Waals surface area contributed by atoms with Gasteiger partial charge in [-0.3, -0.25) is 4.79 Å². The van der Waals surface area contributed by atoms with Crippen LogP contribution in [0.25, 0.3) is 17.0 Å². The number of allylic oxidation sites excluding steroid dienone is 1. The topological polar surface area (TPSA) is 161 Å². The van der Waals surface area contributed by atoms with Crippen molar-refractivity contribution in [2.75, 3.05) is 171 Å². The summed E-state index contributed by atoms with van der Waals surface area (Å²) in [5.41, 5.74) is 1.28. The van der Waals surface area contributed by atoms with Gasteiger partial charge in [0.05, 0.1) is 126 Å². The summed E-state index contributed by atoms with van der Waals surface area (Å²) in [5, 5.41) is 0.599. The van der Waals surface area contributed by atoms with Gasteiger partial charge in [0.1, 0.15) is 23.5 Å². The molecule has 0 aliphatic carbocycles. The number of carbonyl (C=O) groups is 1. The van der Waals surface area contributed by atoms with Crippen molar-refractivity contribution in [2.24, 2.45) is 0 Å². The molecule has 0 fully saturated rings. The first-order valence-electron chi connectivity index (χ1n) is 19.9. The first-order chi connectivity index (χ1) is 29.0. The number of rotatable bonds is 38. The molecule has 16 nitrogen and oxygen atoms in total. The number of benzene rings is 2. The van der Waals surface area contributed by atoms with E-state index < -0.39 is 11.4 Å². The van der Waals surface area contributed by atoms with Gasteiger partial charge in [-0.05, 0) is 42.0 Å². The number of fused-ring (bicyclic) bond motifs is 1. The highest BCUT2D eigenvalue weighted by molar-refractivity contribution is 6.07. The van der Waals surface area contributed by atoms with Gasteiger partial charge in [-0.1, -0.05) is 18.2 Å². The van der Waals surface area contributed by atoms with Gasteiger partial charge in [0.25, 0.3) is 0 Å². The normalized spacial score (nSPS) is 11.6. The Morgan fingerprint density at radius 3 is 1.46 bits per heavy atom. The van der Waals surface area contributed by atoms with Crippen LogP contribution < -0.4 is 15.3 Å². The Morgan fingerprint density at radius 1 is 0.542 bits per heavy atom. The number of anilines is 1. The van der Waals surface area contributed by atoms with E-state index in [0.717, 1.165) is 11.3 Å². The molecule has 0 aliphatic rings. The second kappa shape index (κ2) is 33.0. The molecule has 0 spiro atoms. The number of ketones is 1. The van der Waals surface area contributed by atoms with Crippen molar-refractivity contribution in [3.63, 3.8) is 0 Å². The highest BCUT2D eigenvalue weighted by atomic mass is 16.6. The molecule has 330 valence electrons. The fraction of sp³-hybridized carbons (Fsp3) is 0.581. The number of ether oxygens (including phenoxy) is 12. The molecule has 0 atom stereocenters. The van der Waals surface area contributed by atoms with E-state index in [4.69, 9.17) is 61.3 Å². The van der Waals surface area contributed by atoms with Crippen LogP contribution in [0.1, 0.15) is 15.9 Å². The molecule has 0 bridgehead atoms. The van der Waals surface area contributed by atoms with Crippen molar-refractivity contribution in [2.45, 2.75) is 0 Å². The highest BCUT2D eigenvalue weighted by Crippen LogP contribution is 2.21. The minimum Gasteiger partial charge on any atom is -0.491 e. The Morgan fingerprint density at radius 2 is 0.983 bits per heavy atom. The molecule has 3 rings (SSSR count). The third-order valence-electron chi connectivity index (χ3n) is 8.32. The lowest BCUT2D eigenvalue weighted by molar-refractivity contribution is 0.00301. The van der Waals surface area contributed by atoms with E-state index in [1.807, 2.05) is 24.3 Å². The fourth-order valence-electron chi connectivity index (χ4n) is 5.18. The number of hydrogen-bond acceptors (Lipinski definition) is 16. The summed E-state index contributed by atoms with van der Waals surface area (Å²) < 4.78 is 70.6. The molecular weight excluding hydrogens is 770 g/mol. The van der Waals surface area contributed by atoms with Gasteiger partial charge >= 0.3 is 5.63 Å². The average molecular weight is 834 g/mol. The molecule has 0 amide bonds. The summed E-state index contributed by atoms with van der Waals surface area (Å²) in [4.78, 5) is 28.1. The predicted octanol–water partition coefficient (Wildman–Crippen LogP) is 3.95. The second-order valence-corrected chi connectivity index (χ2v) is 12.6. The van der Waals surface area contributed by atoms with Gasteiger partial charge in [0, 0.05) is 51.6 Å². The zero-order chi connectivity index (χ0) is 42.0. The maximum atomic E-state index is 13.1. The molecule has 0 N–H and O–H groups in total. The molecule has 3 aromatic rings. The fourth-order valence-corrected chi connectivity index (χ4v) is 5.18.